The van der Waals surface area contributed by atoms with Gasteiger partial charge in [-0.25, -0.2) is 17.2 Å². The average molecular weight is 508 g/mol. The molecule has 3 rings (SSSR count). The highest BCUT2D eigenvalue weighted by Gasteiger charge is 2.21. The van der Waals surface area contributed by atoms with Crippen molar-refractivity contribution < 1.29 is 41.3 Å². The average Bonchev–Trinajstić information content (AvgIpc) is 2.83. The number of sulfonamides is 1. The largest absolute Gasteiger partial charge is 0.504 e. The third-order valence-corrected chi connectivity index (χ3v) is 6.26. The van der Waals surface area contributed by atoms with Crippen LogP contribution in [0.4, 0.5) is 14.5 Å². The van der Waals surface area contributed by atoms with Crippen molar-refractivity contribution in [2.45, 2.75) is 4.90 Å². The third kappa shape index (κ3) is 5.57. The molecule has 0 aliphatic carbocycles. The maximum atomic E-state index is 13.6. The molecule has 0 amide bonds. The maximum absolute atomic E-state index is 13.6. The molecule has 2 N–H and O–H groups in total. The van der Waals surface area contributed by atoms with Gasteiger partial charge in [-0.2, -0.15) is 0 Å². The van der Waals surface area contributed by atoms with Gasteiger partial charge >= 0.3 is 0 Å². The lowest BCUT2D eigenvalue weighted by molar-refractivity contribution is 0.324. The number of nitrogens with one attached hydrogen (secondary N) is 1. The molecule has 0 saturated carbocycles. The summed E-state index contributed by atoms with van der Waals surface area (Å²) in [6.07, 6.45) is 3.29. The summed E-state index contributed by atoms with van der Waals surface area (Å²) in [5.41, 5.74) is 0.959. The van der Waals surface area contributed by atoms with Crippen molar-refractivity contribution in [1.82, 2.24) is 0 Å². The number of aromatic hydroxyl groups is 1. The molecule has 3 aromatic rings. The van der Waals surface area contributed by atoms with Crippen LogP contribution in [0.2, 0.25) is 0 Å². The van der Waals surface area contributed by atoms with Gasteiger partial charge in [0.1, 0.15) is 0 Å². The van der Waals surface area contributed by atoms with Gasteiger partial charge in [-0.15, -0.1) is 0 Å². The Morgan fingerprint density at radius 3 is 1.86 bits per heavy atom. The zero-order valence-electron chi connectivity index (χ0n) is 19.3. The minimum atomic E-state index is -4.33. The van der Waals surface area contributed by atoms with Gasteiger partial charge in [0.25, 0.3) is 10.0 Å². The molecule has 0 heterocycles. The number of ether oxygens (including phenoxy) is 4. The van der Waals surface area contributed by atoms with Crippen LogP contribution in [0, 0.1) is 11.6 Å². The fraction of sp³-hybridized carbons (Fsp3) is 0.167. The lowest BCUT2D eigenvalue weighted by Crippen LogP contribution is -2.14. The Hall–Kier alpha value is -3.99. The molecule has 3 aromatic carbocycles. The summed E-state index contributed by atoms with van der Waals surface area (Å²) in [6.45, 7) is 0. The van der Waals surface area contributed by atoms with Crippen molar-refractivity contribution in [3.63, 3.8) is 0 Å². The second-order valence-electron chi connectivity index (χ2n) is 7.09. The Morgan fingerprint density at radius 2 is 1.34 bits per heavy atom. The molecular weight excluding hydrogens is 484 g/mol. The first-order valence-electron chi connectivity index (χ1n) is 10.0. The van der Waals surface area contributed by atoms with Crippen LogP contribution in [0.1, 0.15) is 11.1 Å². The predicted octanol–water partition coefficient (Wildman–Crippen LogP) is 4.68. The summed E-state index contributed by atoms with van der Waals surface area (Å²) in [5.74, 6) is -1.71. The van der Waals surface area contributed by atoms with Crippen LogP contribution in [0.15, 0.2) is 47.4 Å². The SMILES string of the molecule is COc1cc(C=Cc2cc(O)c(OC)c(NS(=O)(=O)c3ccc(F)c(F)c3)c2)cc(OC)c1OC. The van der Waals surface area contributed by atoms with E-state index in [1.807, 2.05) is 0 Å². The van der Waals surface area contributed by atoms with E-state index in [-0.39, 0.29) is 17.2 Å². The minimum Gasteiger partial charge on any atom is -0.504 e. The lowest BCUT2D eigenvalue weighted by atomic mass is 10.1. The van der Waals surface area contributed by atoms with E-state index in [9.17, 15) is 22.3 Å². The van der Waals surface area contributed by atoms with Crippen molar-refractivity contribution >= 4 is 27.9 Å². The molecule has 186 valence electrons. The van der Waals surface area contributed by atoms with Crippen molar-refractivity contribution in [1.29, 1.82) is 0 Å². The van der Waals surface area contributed by atoms with Crippen molar-refractivity contribution in [3.8, 4) is 28.7 Å². The van der Waals surface area contributed by atoms with Gasteiger partial charge in [0.15, 0.2) is 34.6 Å². The van der Waals surface area contributed by atoms with Crippen LogP contribution < -0.4 is 23.7 Å². The Labute approximate surface area is 201 Å². The van der Waals surface area contributed by atoms with Gasteiger partial charge < -0.3 is 24.1 Å². The Kier molecular flexibility index (Phi) is 7.70. The van der Waals surface area contributed by atoms with Crippen LogP contribution >= 0.6 is 0 Å². The summed E-state index contributed by atoms with van der Waals surface area (Å²) in [7, 11) is 1.37. The van der Waals surface area contributed by atoms with Crippen LogP contribution in [0.5, 0.6) is 28.7 Å². The van der Waals surface area contributed by atoms with E-state index < -0.39 is 26.6 Å². The third-order valence-electron chi connectivity index (χ3n) is 4.90. The van der Waals surface area contributed by atoms with Crippen molar-refractivity contribution in [2.75, 3.05) is 33.2 Å². The Morgan fingerprint density at radius 1 is 0.771 bits per heavy atom. The van der Waals surface area contributed by atoms with Crippen molar-refractivity contribution in [3.05, 3.63) is 65.2 Å². The first-order valence-corrected chi connectivity index (χ1v) is 11.5. The Bertz CT molecular complexity index is 1350. The molecular formula is C24H23F2NO7S. The highest BCUT2D eigenvalue weighted by molar-refractivity contribution is 7.92. The lowest BCUT2D eigenvalue weighted by Gasteiger charge is -2.14. The molecule has 0 saturated heterocycles. The van der Waals surface area contributed by atoms with E-state index in [0.717, 1.165) is 6.07 Å². The number of halogens is 2. The number of methoxy groups -OCH3 is 4. The van der Waals surface area contributed by atoms with Gasteiger partial charge in [0.05, 0.1) is 39.0 Å². The molecule has 0 spiro atoms. The highest BCUT2D eigenvalue weighted by atomic mass is 32.2. The highest BCUT2D eigenvalue weighted by Crippen LogP contribution is 2.40. The molecule has 0 fully saturated rings. The molecule has 0 atom stereocenters. The maximum Gasteiger partial charge on any atom is 0.262 e. The van der Waals surface area contributed by atoms with Crippen LogP contribution in [0.25, 0.3) is 12.2 Å². The van der Waals surface area contributed by atoms with E-state index in [1.54, 1.807) is 24.3 Å². The van der Waals surface area contributed by atoms with Gasteiger partial charge in [-0.3, -0.25) is 4.72 Å². The van der Waals surface area contributed by atoms with Crippen LogP contribution in [-0.4, -0.2) is 42.0 Å². The van der Waals surface area contributed by atoms with E-state index in [1.165, 1.54) is 40.6 Å². The van der Waals surface area contributed by atoms with Crippen molar-refractivity contribution in [2.24, 2.45) is 0 Å². The number of anilines is 1. The van der Waals surface area contributed by atoms with E-state index in [4.69, 9.17) is 18.9 Å². The quantitative estimate of drug-likeness (QED) is 0.406. The first kappa shape index (κ1) is 25.6. The molecule has 8 nitrogen and oxygen atoms in total. The summed E-state index contributed by atoms with van der Waals surface area (Å²) in [4.78, 5) is -0.503. The van der Waals surface area contributed by atoms with Gasteiger partial charge in [0.2, 0.25) is 5.75 Å². The topological polar surface area (TPSA) is 103 Å². The molecule has 35 heavy (non-hydrogen) atoms. The molecule has 11 heteroatoms. The fourth-order valence-corrected chi connectivity index (χ4v) is 4.32. The monoisotopic (exact) mass is 507 g/mol. The molecule has 0 radical (unpaired) electrons. The number of rotatable bonds is 9. The fourth-order valence-electron chi connectivity index (χ4n) is 3.26. The molecule has 0 aliphatic rings. The summed E-state index contributed by atoms with van der Waals surface area (Å²) < 4.78 is 75.6. The number of hydrogen-bond acceptors (Lipinski definition) is 7. The predicted molar refractivity (Wildman–Crippen MR) is 127 cm³/mol. The van der Waals surface area contributed by atoms with E-state index in [2.05, 4.69) is 4.72 Å². The molecule has 0 unspecified atom stereocenters. The molecule has 0 bridgehead atoms. The second kappa shape index (κ2) is 10.5. The number of phenols is 1. The van der Waals surface area contributed by atoms with E-state index >= 15 is 0 Å². The molecule has 0 aliphatic heterocycles. The summed E-state index contributed by atoms with van der Waals surface area (Å²) >= 11 is 0. The number of hydrogen-bond donors (Lipinski definition) is 2. The number of phenolic OH excluding ortho intramolecular Hbond substituents is 1. The molecule has 0 aromatic heterocycles. The minimum absolute atomic E-state index is 0.109. The number of benzene rings is 3. The Balaban J connectivity index is 2.00. The normalized spacial score (nSPS) is 11.4. The first-order chi connectivity index (χ1) is 16.6. The summed E-state index contributed by atoms with van der Waals surface area (Å²) in [5, 5.41) is 10.4. The van der Waals surface area contributed by atoms with Crippen LogP contribution in [0.3, 0.4) is 0 Å². The standard InChI is InChI=1S/C24H23F2NO7S/c1-31-21-11-15(12-22(32-2)24(21)34-4)6-5-14-9-19(23(33-3)20(28)10-14)27-35(29,30)16-7-8-17(25)18(26)13-16/h5-13,27-28H,1-4H3. The zero-order valence-corrected chi connectivity index (χ0v) is 20.1. The van der Waals surface area contributed by atoms with E-state index in [0.29, 0.717) is 40.5 Å². The van der Waals surface area contributed by atoms with Crippen LogP contribution in [-0.2, 0) is 10.0 Å². The second-order valence-corrected chi connectivity index (χ2v) is 8.78. The smallest absolute Gasteiger partial charge is 0.262 e. The zero-order chi connectivity index (χ0) is 25.8. The summed E-state index contributed by atoms with van der Waals surface area (Å²) in [6, 6.07) is 8.35. The van der Waals surface area contributed by atoms with Gasteiger partial charge in [-0.05, 0) is 53.6 Å². The van der Waals surface area contributed by atoms with Gasteiger partial charge in [0, 0.05) is 0 Å². The van der Waals surface area contributed by atoms with Gasteiger partial charge in [-0.1, -0.05) is 12.2 Å².